The molecular formula is C11H23NO2S. The number of hydrogen-bond acceptors (Lipinski definition) is 4. The minimum absolute atomic E-state index is 0.175. The highest BCUT2D eigenvalue weighted by molar-refractivity contribution is 7.99. The van der Waals surface area contributed by atoms with Crippen molar-refractivity contribution in [3.05, 3.63) is 0 Å². The Bertz CT molecular complexity index is 178. The summed E-state index contributed by atoms with van der Waals surface area (Å²) >= 11 is 1.92. The fraction of sp³-hybridized carbons (Fsp3) is 0.909. The van der Waals surface area contributed by atoms with E-state index in [1.165, 1.54) is 0 Å². The molecule has 15 heavy (non-hydrogen) atoms. The van der Waals surface area contributed by atoms with Gasteiger partial charge in [0, 0.05) is 0 Å². The second-order valence-corrected chi connectivity index (χ2v) is 5.71. The van der Waals surface area contributed by atoms with E-state index in [4.69, 9.17) is 4.74 Å². The molecular weight excluding hydrogens is 210 g/mol. The third kappa shape index (κ3) is 11.7. The van der Waals surface area contributed by atoms with Crippen LogP contribution in [-0.2, 0) is 9.53 Å². The Hall–Kier alpha value is -0.220. The molecule has 0 aromatic heterocycles. The molecule has 0 amide bonds. The van der Waals surface area contributed by atoms with Crippen LogP contribution in [0.25, 0.3) is 0 Å². The molecule has 3 nitrogen and oxygen atoms in total. The van der Waals surface area contributed by atoms with Gasteiger partial charge in [0.1, 0.15) is 5.60 Å². The van der Waals surface area contributed by atoms with Gasteiger partial charge < -0.3 is 10.1 Å². The lowest BCUT2D eigenvalue weighted by Crippen LogP contribution is -2.32. The maximum atomic E-state index is 11.3. The van der Waals surface area contributed by atoms with E-state index >= 15 is 0 Å². The first-order chi connectivity index (χ1) is 6.95. The monoisotopic (exact) mass is 233 g/mol. The summed E-state index contributed by atoms with van der Waals surface area (Å²) in [5.74, 6) is 2.13. The Kier molecular flexibility index (Phi) is 7.88. The first-order valence-electron chi connectivity index (χ1n) is 5.46. The Labute approximate surface area is 97.3 Å². The van der Waals surface area contributed by atoms with Crippen LogP contribution in [0.3, 0.4) is 0 Å². The lowest BCUT2D eigenvalue weighted by atomic mass is 10.2. The van der Waals surface area contributed by atoms with Crippen molar-refractivity contribution in [1.29, 1.82) is 0 Å². The molecule has 4 heteroatoms. The quantitative estimate of drug-likeness (QED) is 0.539. The molecule has 0 radical (unpaired) electrons. The average molecular weight is 233 g/mol. The Morgan fingerprint density at radius 1 is 1.40 bits per heavy atom. The van der Waals surface area contributed by atoms with Gasteiger partial charge in [0.25, 0.3) is 0 Å². The molecule has 0 heterocycles. The molecule has 0 aliphatic carbocycles. The van der Waals surface area contributed by atoms with Gasteiger partial charge in [-0.25, -0.2) is 0 Å². The molecule has 0 saturated carbocycles. The van der Waals surface area contributed by atoms with Gasteiger partial charge >= 0.3 is 5.97 Å². The highest BCUT2D eigenvalue weighted by Gasteiger charge is 2.15. The number of esters is 1. The van der Waals surface area contributed by atoms with Gasteiger partial charge in [0.05, 0.1) is 6.54 Å². The van der Waals surface area contributed by atoms with Crippen molar-refractivity contribution < 1.29 is 9.53 Å². The molecule has 0 aliphatic rings. The molecule has 0 aliphatic heterocycles. The van der Waals surface area contributed by atoms with Crippen molar-refractivity contribution >= 4 is 17.7 Å². The molecule has 90 valence electrons. The number of thioether (sulfide) groups is 1. The van der Waals surface area contributed by atoms with E-state index in [1.807, 2.05) is 32.5 Å². The van der Waals surface area contributed by atoms with Gasteiger partial charge in [0.15, 0.2) is 0 Å². The number of rotatable bonds is 7. The summed E-state index contributed by atoms with van der Waals surface area (Å²) in [6.07, 6.45) is 1.10. The Morgan fingerprint density at radius 2 is 2.07 bits per heavy atom. The maximum Gasteiger partial charge on any atom is 0.320 e. The van der Waals surface area contributed by atoms with E-state index in [2.05, 4.69) is 12.2 Å². The summed E-state index contributed by atoms with van der Waals surface area (Å²) in [5.41, 5.74) is -0.378. The van der Waals surface area contributed by atoms with E-state index in [1.54, 1.807) is 0 Å². The van der Waals surface area contributed by atoms with Crippen molar-refractivity contribution in [2.45, 2.75) is 39.7 Å². The summed E-state index contributed by atoms with van der Waals surface area (Å²) in [6.45, 7) is 8.98. The van der Waals surface area contributed by atoms with Crippen LogP contribution in [0.5, 0.6) is 0 Å². The molecule has 0 unspecified atom stereocenters. The molecule has 0 aromatic rings. The van der Waals surface area contributed by atoms with Gasteiger partial charge in [-0.15, -0.1) is 0 Å². The standard InChI is InChI=1S/C11H23NO2S/c1-5-15-8-6-7-12-9-10(13)14-11(2,3)4/h12H,5-9H2,1-4H3. The minimum Gasteiger partial charge on any atom is -0.459 e. The summed E-state index contributed by atoms with van der Waals surface area (Å²) in [7, 11) is 0. The SMILES string of the molecule is CCSCCCNCC(=O)OC(C)(C)C. The maximum absolute atomic E-state index is 11.3. The molecule has 0 fully saturated rings. The third-order valence-electron chi connectivity index (χ3n) is 1.54. The summed E-state index contributed by atoms with van der Waals surface area (Å²) in [5, 5.41) is 3.08. The number of ether oxygens (including phenoxy) is 1. The lowest BCUT2D eigenvalue weighted by molar-refractivity contribution is -0.153. The van der Waals surface area contributed by atoms with Gasteiger partial charge in [0.2, 0.25) is 0 Å². The van der Waals surface area contributed by atoms with Crippen LogP contribution >= 0.6 is 11.8 Å². The first kappa shape index (κ1) is 14.8. The van der Waals surface area contributed by atoms with E-state index < -0.39 is 0 Å². The molecule has 0 bridgehead atoms. The van der Waals surface area contributed by atoms with Crippen LogP contribution in [0.15, 0.2) is 0 Å². The van der Waals surface area contributed by atoms with Crippen molar-refractivity contribution in [3.8, 4) is 0 Å². The van der Waals surface area contributed by atoms with E-state index in [0.29, 0.717) is 6.54 Å². The van der Waals surface area contributed by atoms with E-state index in [0.717, 1.165) is 24.5 Å². The molecule has 0 spiro atoms. The van der Waals surface area contributed by atoms with Gasteiger partial charge in [-0.3, -0.25) is 4.79 Å². The summed E-state index contributed by atoms with van der Waals surface area (Å²) in [4.78, 5) is 11.3. The van der Waals surface area contributed by atoms with E-state index in [9.17, 15) is 4.79 Å². The van der Waals surface area contributed by atoms with Crippen molar-refractivity contribution in [2.75, 3.05) is 24.6 Å². The summed E-state index contributed by atoms with van der Waals surface area (Å²) < 4.78 is 5.16. The minimum atomic E-state index is -0.378. The fourth-order valence-electron chi connectivity index (χ4n) is 1.01. The van der Waals surface area contributed by atoms with Crippen LogP contribution in [-0.4, -0.2) is 36.2 Å². The zero-order valence-corrected chi connectivity index (χ0v) is 11.1. The number of carbonyl (C=O) groups excluding carboxylic acids is 1. The highest BCUT2D eigenvalue weighted by atomic mass is 32.2. The van der Waals surface area contributed by atoms with Crippen molar-refractivity contribution in [3.63, 3.8) is 0 Å². The average Bonchev–Trinajstić information content (AvgIpc) is 2.08. The molecule has 0 atom stereocenters. The van der Waals surface area contributed by atoms with Crippen LogP contribution < -0.4 is 5.32 Å². The zero-order valence-electron chi connectivity index (χ0n) is 10.3. The molecule has 1 N–H and O–H groups in total. The predicted octanol–water partition coefficient (Wildman–Crippen LogP) is 2.06. The fourth-order valence-corrected chi connectivity index (χ4v) is 1.65. The van der Waals surface area contributed by atoms with Crippen LogP contribution in [0.1, 0.15) is 34.1 Å². The summed E-state index contributed by atoms with van der Waals surface area (Å²) in [6, 6.07) is 0. The molecule has 0 saturated heterocycles. The van der Waals surface area contributed by atoms with Crippen molar-refractivity contribution in [2.24, 2.45) is 0 Å². The highest BCUT2D eigenvalue weighted by Crippen LogP contribution is 2.06. The first-order valence-corrected chi connectivity index (χ1v) is 6.61. The van der Waals surface area contributed by atoms with Gasteiger partial charge in [-0.05, 0) is 45.2 Å². The van der Waals surface area contributed by atoms with E-state index in [-0.39, 0.29) is 11.6 Å². The van der Waals surface area contributed by atoms with Crippen molar-refractivity contribution in [1.82, 2.24) is 5.32 Å². The zero-order chi connectivity index (χ0) is 11.7. The number of nitrogens with one attached hydrogen (secondary N) is 1. The third-order valence-corrected chi connectivity index (χ3v) is 2.52. The van der Waals surface area contributed by atoms with Crippen LogP contribution in [0, 0.1) is 0 Å². The van der Waals surface area contributed by atoms with Gasteiger partial charge in [-0.1, -0.05) is 6.92 Å². The largest absolute Gasteiger partial charge is 0.459 e. The molecule has 0 aromatic carbocycles. The predicted molar refractivity (Wildman–Crippen MR) is 66.3 cm³/mol. The second kappa shape index (κ2) is 7.99. The smallest absolute Gasteiger partial charge is 0.320 e. The van der Waals surface area contributed by atoms with Gasteiger partial charge in [-0.2, -0.15) is 11.8 Å². The Balaban J connectivity index is 3.32. The van der Waals surface area contributed by atoms with Crippen LogP contribution in [0.2, 0.25) is 0 Å². The topological polar surface area (TPSA) is 38.3 Å². The second-order valence-electron chi connectivity index (χ2n) is 4.31. The molecule has 0 rings (SSSR count). The number of carbonyl (C=O) groups is 1. The number of hydrogen-bond donors (Lipinski definition) is 1. The lowest BCUT2D eigenvalue weighted by Gasteiger charge is -2.19. The van der Waals surface area contributed by atoms with Crippen LogP contribution in [0.4, 0.5) is 0 Å². The normalized spacial score (nSPS) is 11.5. The Morgan fingerprint density at radius 3 is 2.60 bits per heavy atom.